The highest BCUT2D eigenvalue weighted by Crippen LogP contribution is 2.25. The zero-order chi connectivity index (χ0) is 19.4. The average molecular weight is 392 g/mol. The highest BCUT2D eigenvalue weighted by molar-refractivity contribution is 7.92. The van der Waals surface area contributed by atoms with Gasteiger partial charge >= 0.3 is 0 Å². The minimum Gasteiger partial charge on any atom is -0.372 e. The molecule has 9 heteroatoms. The maximum atomic E-state index is 12.2. The number of sulfonamides is 1. The zero-order valence-electron chi connectivity index (χ0n) is 15.5. The second-order valence-electron chi connectivity index (χ2n) is 6.67. The van der Waals surface area contributed by atoms with Gasteiger partial charge in [-0.05, 0) is 44.0 Å². The van der Waals surface area contributed by atoms with Crippen LogP contribution in [0.2, 0.25) is 0 Å². The van der Waals surface area contributed by atoms with Crippen molar-refractivity contribution in [2.24, 2.45) is 0 Å². The van der Waals surface area contributed by atoms with E-state index in [9.17, 15) is 13.2 Å². The van der Waals surface area contributed by atoms with Crippen LogP contribution in [0, 0.1) is 6.92 Å². The first kappa shape index (κ1) is 19.2. The normalized spacial score (nSPS) is 14.4. The summed E-state index contributed by atoms with van der Waals surface area (Å²) in [6.45, 7) is 3.82. The van der Waals surface area contributed by atoms with Crippen molar-refractivity contribution in [2.45, 2.75) is 26.2 Å². The van der Waals surface area contributed by atoms with Crippen LogP contribution in [0.5, 0.6) is 0 Å². The minimum absolute atomic E-state index is 0.00680. The van der Waals surface area contributed by atoms with Crippen molar-refractivity contribution < 1.29 is 17.7 Å². The van der Waals surface area contributed by atoms with E-state index in [4.69, 9.17) is 4.52 Å². The quantitative estimate of drug-likeness (QED) is 0.777. The minimum atomic E-state index is -3.51. The summed E-state index contributed by atoms with van der Waals surface area (Å²) in [7, 11) is -3.51. The molecule has 1 aliphatic rings. The lowest BCUT2D eigenvalue weighted by Gasteiger charge is -2.24. The largest absolute Gasteiger partial charge is 0.372 e. The van der Waals surface area contributed by atoms with Gasteiger partial charge in [-0.2, -0.15) is 0 Å². The SMILES string of the molecule is Cc1cc(NC(=O)CCN(c2ccc(N3CCCC3)cc2)S(C)(=O)=O)no1. The Morgan fingerprint density at radius 1 is 1.26 bits per heavy atom. The molecule has 27 heavy (non-hydrogen) atoms. The number of hydrogen-bond donors (Lipinski definition) is 1. The number of carbonyl (C=O) groups excluding carboxylic acids is 1. The second kappa shape index (κ2) is 7.99. The van der Waals surface area contributed by atoms with Crippen molar-refractivity contribution in [1.29, 1.82) is 0 Å². The average Bonchev–Trinajstić information content (AvgIpc) is 3.26. The Hall–Kier alpha value is -2.55. The van der Waals surface area contributed by atoms with Crippen LogP contribution in [0.3, 0.4) is 0 Å². The second-order valence-corrected chi connectivity index (χ2v) is 8.57. The van der Waals surface area contributed by atoms with Crippen molar-refractivity contribution in [3.63, 3.8) is 0 Å². The highest BCUT2D eigenvalue weighted by atomic mass is 32.2. The van der Waals surface area contributed by atoms with E-state index < -0.39 is 10.0 Å². The van der Waals surface area contributed by atoms with Gasteiger partial charge in [0, 0.05) is 37.8 Å². The molecule has 0 unspecified atom stereocenters. The topological polar surface area (TPSA) is 95.8 Å². The zero-order valence-corrected chi connectivity index (χ0v) is 16.3. The lowest BCUT2D eigenvalue weighted by atomic mass is 10.2. The summed E-state index contributed by atoms with van der Waals surface area (Å²) < 4.78 is 30.5. The molecule has 146 valence electrons. The van der Waals surface area contributed by atoms with Gasteiger partial charge in [0.1, 0.15) is 5.76 Å². The number of nitrogens with one attached hydrogen (secondary N) is 1. The van der Waals surface area contributed by atoms with Crippen LogP contribution in [0.25, 0.3) is 0 Å². The van der Waals surface area contributed by atoms with Crippen molar-refractivity contribution in [3.05, 3.63) is 36.1 Å². The summed E-state index contributed by atoms with van der Waals surface area (Å²) in [6, 6.07) is 9.03. The van der Waals surface area contributed by atoms with Gasteiger partial charge in [0.2, 0.25) is 15.9 Å². The molecule has 0 saturated carbocycles. The van der Waals surface area contributed by atoms with E-state index in [0.29, 0.717) is 17.3 Å². The number of amides is 1. The summed E-state index contributed by atoms with van der Waals surface area (Å²) in [5.41, 5.74) is 1.63. The van der Waals surface area contributed by atoms with E-state index in [-0.39, 0.29) is 18.9 Å². The van der Waals surface area contributed by atoms with E-state index in [1.807, 2.05) is 12.1 Å². The van der Waals surface area contributed by atoms with Crippen molar-refractivity contribution in [2.75, 3.05) is 40.4 Å². The molecule has 1 aromatic heterocycles. The van der Waals surface area contributed by atoms with Gasteiger partial charge in [0.05, 0.1) is 11.9 Å². The van der Waals surface area contributed by atoms with E-state index in [1.54, 1.807) is 25.1 Å². The number of nitrogens with zero attached hydrogens (tertiary/aromatic N) is 3. The van der Waals surface area contributed by atoms with Crippen LogP contribution >= 0.6 is 0 Å². The molecule has 0 atom stereocenters. The van der Waals surface area contributed by atoms with E-state index >= 15 is 0 Å². The Balaban J connectivity index is 1.66. The summed E-state index contributed by atoms with van der Waals surface area (Å²) in [6.07, 6.45) is 3.50. The molecule has 1 fully saturated rings. The Morgan fingerprint density at radius 3 is 2.48 bits per heavy atom. The monoisotopic (exact) mass is 392 g/mol. The summed E-state index contributed by atoms with van der Waals surface area (Å²) >= 11 is 0. The van der Waals surface area contributed by atoms with Gasteiger partial charge in [-0.3, -0.25) is 9.10 Å². The van der Waals surface area contributed by atoms with Gasteiger partial charge in [0.15, 0.2) is 5.82 Å². The number of hydrogen-bond acceptors (Lipinski definition) is 6. The molecule has 1 saturated heterocycles. The highest BCUT2D eigenvalue weighted by Gasteiger charge is 2.20. The molecule has 0 spiro atoms. The Morgan fingerprint density at radius 2 is 1.93 bits per heavy atom. The lowest BCUT2D eigenvalue weighted by molar-refractivity contribution is -0.116. The molecule has 0 aliphatic carbocycles. The standard InChI is InChI=1S/C18H24N4O4S/c1-14-13-17(20-26-14)19-18(23)9-12-22(27(2,24)25)16-7-5-15(6-8-16)21-10-3-4-11-21/h5-8,13H,3-4,9-12H2,1-2H3,(H,19,20,23). The first-order chi connectivity index (χ1) is 12.8. The van der Waals surface area contributed by atoms with Crippen molar-refractivity contribution >= 4 is 33.1 Å². The molecule has 1 aliphatic heterocycles. The van der Waals surface area contributed by atoms with Crippen LogP contribution in [-0.4, -0.2) is 45.4 Å². The Kier molecular flexibility index (Phi) is 5.69. The van der Waals surface area contributed by atoms with Crippen LogP contribution in [0.1, 0.15) is 25.0 Å². The predicted octanol–water partition coefficient (Wildman–Crippen LogP) is 2.38. The van der Waals surface area contributed by atoms with Crippen LogP contribution < -0.4 is 14.5 Å². The van der Waals surface area contributed by atoms with E-state index in [2.05, 4.69) is 15.4 Å². The molecule has 1 amide bonds. The number of rotatable bonds is 7. The molecule has 1 aromatic carbocycles. The molecule has 0 radical (unpaired) electrons. The third-order valence-electron chi connectivity index (χ3n) is 4.45. The predicted molar refractivity (Wildman–Crippen MR) is 105 cm³/mol. The summed E-state index contributed by atoms with van der Waals surface area (Å²) in [5, 5.41) is 6.29. The lowest BCUT2D eigenvalue weighted by Crippen LogP contribution is -2.33. The fourth-order valence-electron chi connectivity index (χ4n) is 3.13. The molecule has 2 aromatic rings. The summed E-state index contributed by atoms with van der Waals surface area (Å²) in [5.74, 6) is 0.574. The van der Waals surface area contributed by atoms with Gasteiger partial charge in [0.25, 0.3) is 0 Å². The van der Waals surface area contributed by atoms with Gasteiger partial charge in [-0.1, -0.05) is 5.16 Å². The number of carbonyl (C=O) groups is 1. The van der Waals surface area contributed by atoms with Crippen molar-refractivity contribution in [1.82, 2.24) is 5.16 Å². The van der Waals surface area contributed by atoms with Crippen molar-refractivity contribution in [3.8, 4) is 0 Å². The number of benzene rings is 1. The molecule has 0 bridgehead atoms. The smallest absolute Gasteiger partial charge is 0.232 e. The fraction of sp³-hybridized carbons (Fsp3) is 0.444. The first-order valence-electron chi connectivity index (χ1n) is 8.89. The Bertz CT molecular complexity index is 886. The molecular weight excluding hydrogens is 368 g/mol. The van der Waals surface area contributed by atoms with Gasteiger partial charge in [-0.25, -0.2) is 8.42 Å². The van der Waals surface area contributed by atoms with Crippen LogP contribution in [0.4, 0.5) is 17.2 Å². The molecule has 2 heterocycles. The molecule has 8 nitrogen and oxygen atoms in total. The maximum Gasteiger partial charge on any atom is 0.232 e. The Labute approximate surface area is 159 Å². The third kappa shape index (κ3) is 5.00. The maximum absolute atomic E-state index is 12.2. The summed E-state index contributed by atoms with van der Waals surface area (Å²) in [4.78, 5) is 14.4. The first-order valence-corrected chi connectivity index (χ1v) is 10.7. The molecule has 1 N–H and O–H groups in total. The van der Waals surface area contributed by atoms with Crippen LogP contribution in [-0.2, 0) is 14.8 Å². The fourth-order valence-corrected chi connectivity index (χ4v) is 4.05. The molecule has 3 rings (SSSR count). The number of aryl methyl sites for hydroxylation is 1. The third-order valence-corrected chi connectivity index (χ3v) is 5.64. The van der Waals surface area contributed by atoms with Gasteiger partial charge in [-0.15, -0.1) is 0 Å². The molecular formula is C18H24N4O4S. The van der Waals surface area contributed by atoms with E-state index in [1.165, 1.54) is 17.1 Å². The van der Waals surface area contributed by atoms with E-state index in [0.717, 1.165) is 25.0 Å². The number of aromatic nitrogens is 1. The number of anilines is 3. The van der Waals surface area contributed by atoms with Gasteiger partial charge < -0.3 is 14.7 Å². The van der Waals surface area contributed by atoms with Crippen LogP contribution in [0.15, 0.2) is 34.9 Å².